The third-order valence-corrected chi connectivity index (χ3v) is 2.52. The molecule has 0 aliphatic heterocycles. The summed E-state index contributed by atoms with van der Waals surface area (Å²) in [6, 6.07) is 0. The molecule has 14 heavy (non-hydrogen) atoms. The van der Waals surface area contributed by atoms with E-state index in [4.69, 9.17) is 0 Å². The summed E-state index contributed by atoms with van der Waals surface area (Å²) in [6.07, 6.45) is 0.972. The van der Waals surface area contributed by atoms with Gasteiger partial charge in [0.2, 0.25) is 5.92 Å². The lowest BCUT2D eigenvalue weighted by atomic mass is 9.85. The molecule has 0 aromatic rings. The van der Waals surface area contributed by atoms with Crippen molar-refractivity contribution in [2.24, 2.45) is 5.92 Å². The van der Waals surface area contributed by atoms with Crippen molar-refractivity contribution in [2.45, 2.75) is 38.0 Å². The molecule has 0 saturated heterocycles. The molecule has 0 unspecified atom stereocenters. The van der Waals surface area contributed by atoms with Crippen LogP contribution in [0.4, 0.5) is 8.78 Å². The SMILES string of the molecule is COC(=O)CC1CCC(F)(F)CC1.Cl. The molecule has 0 aromatic carbocycles. The fourth-order valence-electron chi connectivity index (χ4n) is 1.62. The van der Waals surface area contributed by atoms with Gasteiger partial charge in [-0.25, -0.2) is 8.78 Å². The highest BCUT2D eigenvalue weighted by Crippen LogP contribution is 2.37. The van der Waals surface area contributed by atoms with Crippen LogP contribution in [-0.4, -0.2) is 19.0 Å². The largest absolute Gasteiger partial charge is 0.469 e. The predicted molar refractivity (Wildman–Crippen MR) is 50.8 cm³/mol. The van der Waals surface area contributed by atoms with Gasteiger partial charge < -0.3 is 4.74 Å². The van der Waals surface area contributed by atoms with Gasteiger partial charge in [0.1, 0.15) is 0 Å². The van der Waals surface area contributed by atoms with Crippen LogP contribution in [0.15, 0.2) is 0 Å². The van der Waals surface area contributed by atoms with Gasteiger partial charge in [0.15, 0.2) is 0 Å². The fraction of sp³-hybridized carbons (Fsp3) is 0.889. The Kier molecular flexibility index (Phi) is 5.34. The number of methoxy groups -OCH3 is 1. The molecule has 1 aliphatic carbocycles. The van der Waals surface area contributed by atoms with Crippen molar-refractivity contribution in [3.05, 3.63) is 0 Å². The lowest BCUT2D eigenvalue weighted by molar-refractivity contribution is -0.142. The molecule has 0 heterocycles. The molecule has 5 heteroatoms. The second kappa shape index (κ2) is 5.49. The molecule has 2 nitrogen and oxygen atoms in total. The van der Waals surface area contributed by atoms with E-state index < -0.39 is 5.92 Å². The lowest BCUT2D eigenvalue weighted by Crippen LogP contribution is -2.26. The van der Waals surface area contributed by atoms with E-state index >= 15 is 0 Å². The fourth-order valence-corrected chi connectivity index (χ4v) is 1.62. The molecule has 1 aliphatic rings. The second-order valence-electron chi connectivity index (χ2n) is 3.58. The quantitative estimate of drug-likeness (QED) is 0.680. The minimum absolute atomic E-state index is 0. The zero-order valence-corrected chi connectivity index (χ0v) is 8.91. The predicted octanol–water partition coefficient (Wildman–Crippen LogP) is 2.80. The number of halogens is 3. The van der Waals surface area contributed by atoms with Gasteiger partial charge in [0.25, 0.3) is 0 Å². The van der Waals surface area contributed by atoms with E-state index in [2.05, 4.69) is 4.74 Å². The minimum Gasteiger partial charge on any atom is -0.469 e. The van der Waals surface area contributed by atoms with Gasteiger partial charge in [-0.1, -0.05) is 0 Å². The molecule has 1 fully saturated rings. The lowest BCUT2D eigenvalue weighted by Gasteiger charge is -2.27. The monoisotopic (exact) mass is 228 g/mol. The van der Waals surface area contributed by atoms with Gasteiger partial charge in [0.05, 0.1) is 7.11 Å². The van der Waals surface area contributed by atoms with Crippen molar-refractivity contribution in [3.8, 4) is 0 Å². The zero-order valence-electron chi connectivity index (χ0n) is 8.09. The van der Waals surface area contributed by atoms with E-state index in [0.717, 1.165) is 0 Å². The van der Waals surface area contributed by atoms with Crippen LogP contribution < -0.4 is 0 Å². The molecule has 0 aromatic heterocycles. The summed E-state index contributed by atoms with van der Waals surface area (Å²) in [6.45, 7) is 0. The third-order valence-electron chi connectivity index (χ3n) is 2.52. The van der Waals surface area contributed by atoms with Crippen LogP contribution in [0.1, 0.15) is 32.1 Å². The third kappa shape index (κ3) is 4.22. The summed E-state index contributed by atoms with van der Waals surface area (Å²) in [4.78, 5) is 10.8. The standard InChI is InChI=1S/C9H14F2O2.ClH/c1-13-8(12)6-7-2-4-9(10,11)5-3-7;/h7H,2-6H2,1H3;1H. The molecule has 0 atom stereocenters. The maximum absolute atomic E-state index is 12.7. The Morgan fingerprint density at radius 3 is 2.36 bits per heavy atom. The summed E-state index contributed by atoms with van der Waals surface area (Å²) >= 11 is 0. The minimum atomic E-state index is -2.51. The van der Waals surface area contributed by atoms with E-state index in [-0.39, 0.29) is 43.6 Å². The van der Waals surface area contributed by atoms with Crippen LogP contribution in [-0.2, 0) is 9.53 Å². The van der Waals surface area contributed by atoms with Gasteiger partial charge >= 0.3 is 5.97 Å². The Hall–Kier alpha value is -0.380. The van der Waals surface area contributed by atoms with Crippen molar-refractivity contribution in [1.29, 1.82) is 0 Å². The molecular weight excluding hydrogens is 214 g/mol. The van der Waals surface area contributed by atoms with Crippen molar-refractivity contribution >= 4 is 18.4 Å². The number of hydrogen-bond acceptors (Lipinski definition) is 2. The average molecular weight is 229 g/mol. The Balaban J connectivity index is 0.00000169. The maximum Gasteiger partial charge on any atom is 0.305 e. The van der Waals surface area contributed by atoms with E-state index in [1.54, 1.807) is 0 Å². The van der Waals surface area contributed by atoms with Crippen molar-refractivity contribution in [2.75, 3.05) is 7.11 Å². The number of hydrogen-bond donors (Lipinski definition) is 0. The number of alkyl halides is 2. The van der Waals surface area contributed by atoms with Crippen LogP contribution >= 0.6 is 12.4 Å². The summed E-state index contributed by atoms with van der Waals surface area (Å²) in [5.74, 6) is -2.71. The first-order chi connectivity index (χ1) is 6.03. The molecule has 1 saturated carbocycles. The number of rotatable bonds is 2. The highest BCUT2D eigenvalue weighted by molar-refractivity contribution is 5.85. The molecule has 0 radical (unpaired) electrons. The topological polar surface area (TPSA) is 26.3 Å². The van der Waals surface area contributed by atoms with E-state index in [1.807, 2.05) is 0 Å². The molecule has 0 bridgehead atoms. The van der Waals surface area contributed by atoms with E-state index in [1.165, 1.54) is 7.11 Å². The van der Waals surface area contributed by atoms with Gasteiger partial charge in [-0.15, -0.1) is 12.4 Å². The number of carbonyl (C=O) groups excluding carboxylic acids is 1. The Bertz CT molecular complexity index is 187. The first-order valence-electron chi connectivity index (χ1n) is 4.48. The Labute approximate surface area is 88.4 Å². The van der Waals surface area contributed by atoms with Gasteiger partial charge in [-0.05, 0) is 18.8 Å². The summed E-state index contributed by atoms with van der Waals surface area (Å²) < 4.78 is 29.8. The number of esters is 1. The number of ether oxygens (including phenoxy) is 1. The average Bonchev–Trinajstić information content (AvgIpc) is 2.08. The molecular formula is C9H15ClF2O2. The van der Waals surface area contributed by atoms with Crippen LogP contribution in [0.3, 0.4) is 0 Å². The van der Waals surface area contributed by atoms with Gasteiger partial charge in [-0.3, -0.25) is 4.79 Å². The Morgan fingerprint density at radius 2 is 1.93 bits per heavy atom. The number of carbonyl (C=O) groups is 1. The van der Waals surface area contributed by atoms with Crippen LogP contribution in [0.5, 0.6) is 0 Å². The highest BCUT2D eigenvalue weighted by atomic mass is 35.5. The first kappa shape index (κ1) is 13.6. The van der Waals surface area contributed by atoms with Gasteiger partial charge in [0, 0.05) is 19.3 Å². The summed E-state index contributed by atoms with van der Waals surface area (Å²) in [5.41, 5.74) is 0. The van der Waals surface area contributed by atoms with E-state index in [0.29, 0.717) is 12.8 Å². The smallest absolute Gasteiger partial charge is 0.305 e. The van der Waals surface area contributed by atoms with Crippen LogP contribution in [0, 0.1) is 5.92 Å². The highest BCUT2D eigenvalue weighted by Gasteiger charge is 2.35. The first-order valence-corrected chi connectivity index (χ1v) is 4.48. The Morgan fingerprint density at radius 1 is 1.43 bits per heavy atom. The van der Waals surface area contributed by atoms with E-state index in [9.17, 15) is 13.6 Å². The zero-order chi connectivity index (χ0) is 9.90. The molecule has 0 N–H and O–H groups in total. The second-order valence-corrected chi connectivity index (χ2v) is 3.58. The van der Waals surface area contributed by atoms with Crippen molar-refractivity contribution in [3.63, 3.8) is 0 Å². The maximum atomic E-state index is 12.7. The van der Waals surface area contributed by atoms with Crippen LogP contribution in [0.25, 0.3) is 0 Å². The normalized spacial score (nSPS) is 21.1. The summed E-state index contributed by atoms with van der Waals surface area (Å²) in [7, 11) is 1.32. The van der Waals surface area contributed by atoms with Gasteiger partial charge in [-0.2, -0.15) is 0 Å². The molecule has 0 amide bonds. The van der Waals surface area contributed by atoms with Crippen molar-refractivity contribution in [1.82, 2.24) is 0 Å². The molecule has 84 valence electrons. The summed E-state index contributed by atoms with van der Waals surface area (Å²) in [5, 5.41) is 0. The molecule has 0 spiro atoms. The van der Waals surface area contributed by atoms with Crippen molar-refractivity contribution < 1.29 is 18.3 Å². The van der Waals surface area contributed by atoms with Crippen LogP contribution in [0.2, 0.25) is 0 Å². The molecule has 1 rings (SSSR count).